The van der Waals surface area contributed by atoms with Gasteiger partial charge in [-0.05, 0) is 25.2 Å². The van der Waals surface area contributed by atoms with Crippen LogP contribution in [0.2, 0.25) is 0 Å². The third-order valence-corrected chi connectivity index (χ3v) is 2.65. The fourth-order valence-electron chi connectivity index (χ4n) is 1.10. The Morgan fingerprint density at radius 3 is 2.18 bits per heavy atom. The van der Waals surface area contributed by atoms with Gasteiger partial charge < -0.3 is 0 Å². The molecular formula is C11H22. The fraction of sp³-hybridized carbons (Fsp3) is 0.818. The molecule has 0 aliphatic carbocycles. The normalized spacial score (nSPS) is 18.1. The zero-order valence-electron chi connectivity index (χ0n) is 8.65. The van der Waals surface area contributed by atoms with E-state index < -0.39 is 0 Å². The first-order valence-corrected chi connectivity index (χ1v) is 4.79. The van der Waals surface area contributed by atoms with Crippen molar-refractivity contribution in [3.05, 3.63) is 11.6 Å². The molecule has 0 aromatic rings. The Hall–Kier alpha value is -0.260. The van der Waals surface area contributed by atoms with Crippen LogP contribution >= 0.6 is 0 Å². The van der Waals surface area contributed by atoms with Crippen molar-refractivity contribution in [3.63, 3.8) is 0 Å². The molecular weight excluding hydrogens is 132 g/mol. The number of rotatable bonds is 4. The molecule has 0 aliphatic heterocycles. The van der Waals surface area contributed by atoms with E-state index in [2.05, 4.69) is 40.7 Å². The first-order chi connectivity index (χ1) is 5.11. The summed E-state index contributed by atoms with van der Waals surface area (Å²) in [6, 6.07) is 0. The largest absolute Gasteiger partial charge is 0.0825 e. The van der Waals surface area contributed by atoms with E-state index >= 15 is 0 Å². The van der Waals surface area contributed by atoms with E-state index in [0.717, 1.165) is 11.8 Å². The lowest BCUT2D eigenvalue weighted by Crippen LogP contribution is -2.03. The van der Waals surface area contributed by atoms with Gasteiger partial charge >= 0.3 is 0 Å². The summed E-state index contributed by atoms with van der Waals surface area (Å²) in [4.78, 5) is 0. The molecule has 0 fully saturated rings. The molecule has 0 radical (unpaired) electrons. The SMILES string of the molecule is CC/C(C)=C\C(C)C(C)CC. The molecule has 66 valence electrons. The second-order valence-electron chi connectivity index (χ2n) is 3.61. The van der Waals surface area contributed by atoms with Crippen LogP contribution < -0.4 is 0 Å². The van der Waals surface area contributed by atoms with Gasteiger partial charge in [0.15, 0.2) is 0 Å². The molecule has 0 spiro atoms. The zero-order chi connectivity index (χ0) is 8.85. The Balaban J connectivity index is 3.93. The summed E-state index contributed by atoms with van der Waals surface area (Å²) >= 11 is 0. The molecule has 0 heteroatoms. The van der Waals surface area contributed by atoms with Gasteiger partial charge in [-0.3, -0.25) is 0 Å². The van der Waals surface area contributed by atoms with Crippen LogP contribution in [0.15, 0.2) is 11.6 Å². The molecule has 0 aromatic carbocycles. The lowest BCUT2D eigenvalue weighted by molar-refractivity contribution is 0.444. The quantitative estimate of drug-likeness (QED) is 0.536. The van der Waals surface area contributed by atoms with Crippen molar-refractivity contribution >= 4 is 0 Å². The van der Waals surface area contributed by atoms with E-state index in [0.29, 0.717) is 0 Å². The van der Waals surface area contributed by atoms with Crippen molar-refractivity contribution in [3.8, 4) is 0 Å². The van der Waals surface area contributed by atoms with Gasteiger partial charge in [-0.15, -0.1) is 0 Å². The third kappa shape index (κ3) is 4.23. The van der Waals surface area contributed by atoms with Crippen LogP contribution in [0.5, 0.6) is 0 Å². The Morgan fingerprint density at radius 1 is 1.27 bits per heavy atom. The fourth-order valence-corrected chi connectivity index (χ4v) is 1.10. The van der Waals surface area contributed by atoms with E-state index in [4.69, 9.17) is 0 Å². The van der Waals surface area contributed by atoms with Gasteiger partial charge in [-0.25, -0.2) is 0 Å². The van der Waals surface area contributed by atoms with Crippen molar-refractivity contribution in [2.75, 3.05) is 0 Å². The summed E-state index contributed by atoms with van der Waals surface area (Å²) in [5.74, 6) is 1.58. The van der Waals surface area contributed by atoms with Crippen LogP contribution in [0.3, 0.4) is 0 Å². The van der Waals surface area contributed by atoms with Crippen LogP contribution in [-0.4, -0.2) is 0 Å². The topological polar surface area (TPSA) is 0 Å². The Bertz CT molecular complexity index is 122. The summed E-state index contributed by atoms with van der Waals surface area (Å²) in [6.07, 6.45) is 4.89. The average molecular weight is 154 g/mol. The van der Waals surface area contributed by atoms with Gasteiger partial charge in [0.1, 0.15) is 0 Å². The standard InChI is InChI=1S/C11H22/c1-6-9(3)8-11(5)10(4)7-2/h8,10-11H,6-7H2,1-5H3/b9-8-. The molecule has 2 atom stereocenters. The Kier molecular flexibility index (Phi) is 5.27. The predicted molar refractivity (Wildman–Crippen MR) is 52.7 cm³/mol. The highest BCUT2D eigenvalue weighted by Gasteiger charge is 2.06. The third-order valence-electron chi connectivity index (χ3n) is 2.65. The molecule has 0 heterocycles. The lowest BCUT2D eigenvalue weighted by atomic mass is 9.91. The first-order valence-electron chi connectivity index (χ1n) is 4.79. The molecule has 0 saturated carbocycles. The summed E-state index contributed by atoms with van der Waals surface area (Å²) in [7, 11) is 0. The first kappa shape index (κ1) is 10.7. The van der Waals surface area contributed by atoms with Gasteiger partial charge in [-0.1, -0.05) is 45.8 Å². The summed E-state index contributed by atoms with van der Waals surface area (Å²) in [5.41, 5.74) is 1.53. The van der Waals surface area contributed by atoms with Gasteiger partial charge in [0.25, 0.3) is 0 Å². The van der Waals surface area contributed by atoms with Crippen molar-refractivity contribution in [2.24, 2.45) is 11.8 Å². The maximum absolute atomic E-state index is 2.41. The Morgan fingerprint density at radius 2 is 1.82 bits per heavy atom. The minimum Gasteiger partial charge on any atom is -0.0825 e. The predicted octanol–water partition coefficient (Wildman–Crippen LogP) is 4.02. The second-order valence-corrected chi connectivity index (χ2v) is 3.61. The second kappa shape index (κ2) is 5.40. The minimum atomic E-state index is 0.750. The number of hydrogen-bond acceptors (Lipinski definition) is 0. The molecule has 0 nitrogen and oxygen atoms in total. The highest BCUT2D eigenvalue weighted by atomic mass is 14.1. The van der Waals surface area contributed by atoms with Crippen molar-refractivity contribution in [2.45, 2.75) is 47.5 Å². The minimum absolute atomic E-state index is 0.750. The van der Waals surface area contributed by atoms with Crippen molar-refractivity contribution in [1.82, 2.24) is 0 Å². The molecule has 0 bridgehead atoms. The van der Waals surface area contributed by atoms with Crippen molar-refractivity contribution < 1.29 is 0 Å². The van der Waals surface area contributed by atoms with E-state index in [1.807, 2.05) is 0 Å². The monoisotopic (exact) mass is 154 g/mol. The summed E-state index contributed by atoms with van der Waals surface area (Å²) in [6.45, 7) is 11.3. The van der Waals surface area contributed by atoms with Gasteiger partial charge in [0, 0.05) is 0 Å². The van der Waals surface area contributed by atoms with Gasteiger partial charge in [-0.2, -0.15) is 0 Å². The summed E-state index contributed by atoms with van der Waals surface area (Å²) < 4.78 is 0. The number of hydrogen-bond donors (Lipinski definition) is 0. The Labute approximate surface area is 71.7 Å². The molecule has 0 rings (SSSR count). The van der Waals surface area contributed by atoms with Crippen LogP contribution in [0.1, 0.15) is 47.5 Å². The molecule has 0 N–H and O–H groups in total. The lowest BCUT2D eigenvalue weighted by Gasteiger charge is -2.14. The van der Waals surface area contributed by atoms with E-state index in [1.54, 1.807) is 0 Å². The van der Waals surface area contributed by atoms with Crippen molar-refractivity contribution in [1.29, 1.82) is 0 Å². The van der Waals surface area contributed by atoms with Gasteiger partial charge in [0.2, 0.25) is 0 Å². The highest BCUT2D eigenvalue weighted by Crippen LogP contribution is 2.17. The zero-order valence-corrected chi connectivity index (χ0v) is 8.65. The van der Waals surface area contributed by atoms with E-state index in [-0.39, 0.29) is 0 Å². The van der Waals surface area contributed by atoms with Crippen LogP contribution in [-0.2, 0) is 0 Å². The molecule has 11 heavy (non-hydrogen) atoms. The molecule has 0 saturated heterocycles. The maximum atomic E-state index is 2.41. The highest BCUT2D eigenvalue weighted by molar-refractivity contribution is 5.00. The summed E-state index contributed by atoms with van der Waals surface area (Å²) in [5, 5.41) is 0. The van der Waals surface area contributed by atoms with Crippen LogP contribution in [0.4, 0.5) is 0 Å². The average Bonchev–Trinajstić information content (AvgIpc) is 2.02. The molecule has 2 unspecified atom stereocenters. The van der Waals surface area contributed by atoms with E-state index in [1.165, 1.54) is 18.4 Å². The van der Waals surface area contributed by atoms with E-state index in [9.17, 15) is 0 Å². The smallest absolute Gasteiger partial charge is 0.0234 e. The maximum Gasteiger partial charge on any atom is -0.0234 e. The van der Waals surface area contributed by atoms with Crippen LogP contribution in [0.25, 0.3) is 0 Å². The number of allylic oxidation sites excluding steroid dienone is 2. The van der Waals surface area contributed by atoms with Crippen LogP contribution in [0, 0.1) is 11.8 Å². The molecule has 0 aliphatic rings. The molecule has 0 aromatic heterocycles. The molecule has 0 amide bonds. The van der Waals surface area contributed by atoms with Gasteiger partial charge in [0.05, 0.1) is 0 Å².